The first-order valence-electron chi connectivity index (χ1n) is 9.39. The van der Waals surface area contributed by atoms with Crippen molar-refractivity contribution in [3.05, 3.63) is 66.0 Å². The number of aromatic nitrogens is 2. The van der Waals surface area contributed by atoms with Gasteiger partial charge in [0.2, 0.25) is 0 Å². The Hall–Kier alpha value is -2.95. The highest BCUT2D eigenvalue weighted by Crippen LogP contribution is 2.23. The number of para-hydroxylation sites is 1. The number of fused-ring (bicyclic) bond motifs is 1. The van der Waals surface area contributed by atoms with Crippen molar-refractivity contribution in [1.82, 2.24) is 14.9 Å². The highest BCUT2D eigenvalue weighted by molar-refractivity contribution is 6.04. The molecule has 5 heteroatoms. The van der Waals surface area contributed by atoms with Gasteiger partial charge in [0.25, 0.3) is 5.91 Å². The number of piperidine rings is 1. The summed E-state index contributed by atoms with van der Waals surface area (Å²) in [6.07, 6.45) is 5.35. The van der Waals surface area contributed by atoms with E-state index in [9.17, 15) is 4.79 Å². The van der Waals surface area contributed by atoms with Crippen LogP contribution >= 0.6 is 0 Å². The summed E-state index contributed by atoms with van der Waals surface area (Å²) >= 11 is 0. The zero-order chi connectivity index (χ0) is 18.6. The minimum atomic E-state index is 0.0288. The molecule has 1 aliphatic heterocycles. The third-order valence-electron chi connectivity index (χ3n) is 5.04. The topological polar surface area (TPSA) is 55.3 Å². The SMILES string of the molecule is Cc1ccc(OCC2CCCN(C(=O)c3cccc4nccnc34)C2)cc1. The van der Waals surface area contributed by atoms with E-state index >= 15 is 0 Å². The van der Waals surface area contributed by atoms with Gasteiger partial charge in [0.05, 0.1) is 17.7 Å². The Balaban J connectivity index is 1.44. The van der Waals surface area contributed by atoms with Crippen LogP contribution in [0.15, 0.2) is 54.9 Å². The zero-order valence-electron chi connectivity index (χ0n) is 15.5. The van der Waals surface area contributed by atoms with Gasteiger partial charge in [-0.2, -0.15) is 0 Å². The summed E-state index contributed by atoms with van der Waals surface area (Å²) in [5.74, 6) is 1.25. The van der Waals surface area contributed by atoms with Crippen LogP contribution in [0.5, 0.6) is 5.75 Å². The Kier molecular flexibility index (Phi) is 5.01. The van der Waals surface area contributed by atoms with Crippen molar-refractivity contribution in [3.63, 3.8) is 0 Å². The van der Waals surface area contributed by atoms with Gasteiger partial charge in [-0.25, -0.2) is 0 Å². The van der Waals surface area contributed by atoms with Crippen LogP contribution < -0.4 is 4.74 Å². The normalized spacial score (nSPS) is 17.1. The molecule has 2 aromatic carbocycles. The van der Waals surface area contributed by atoms with Gasteiger partial charge >= 0.3 is 0 Å². The molecule has 0 N–H and O–H groups in total. The number of likely N-dealkylation sites (tertiary alicyclic amines) is 1. The molecule has 0 bridgehead atoms. The van der Waals surface area contributed by atoms with Gasteiger partial charge in [-0.05, 0) is 44.0 Å². The number of carbonyl (C=O) groups is 1. The van der Waals surface area contributed by atoms with Gasteiger partial charge in [-0.15, -0.1) is 0 Å². The van der Waals surface area contributed by atoms with Crippen molar-refractivity contribution < 1.29 is 9.53 Å². The molecular formula is C22H23N3O2. The smallest absolute Gasteiger partial charge is 0.256 e. The van der Waals surface area contributed by atoms with E-state index in [1.54, 1.807) is 12.4 Å². The summed E-state index contributed by atoms with van der Waals surface area (Å²) in [4.78, 5) is 23.7. The van der Waals surface area contributed by atoms with Gasteiger partial charge in [0.1, 0.15) is 11.3 Å². The van der Waals surface area contributed by atoms with E-state index in [1.165, 1.54) is 5.56 Å². The maximum Gasteiger partial charge on any atom is 0.256 e. The number of rotatable bonds is 4. The molecule has 1 unspecified atom stereocenters. The van der Waals surface area contributed by atoms with E-state index in [2.05, 4.69) is 16.9 Å². The Morgan fingerprint density at radius 1 is 1.15 bits per heavy atom. The van der Waals surface area contributed by atoms with Gasteiger partial charge in [0, 0.05) is 31.4 Å². The van der Waals surface area contributed by atoms with Crippen molar-refractivity contribution in [2.75, 3.05) is 19.7 Å². The first-order valence-corrected chi connectivity index (χ1v) is 9.39. The van der Waals surface area contributed by atoms with Crippen molar-refractivity contribution in [3.8, 4) is 5.75 Å². The second-order valence-corrected chi connectivity index (χ2v) is 7.11. The fourth-order valence-corrected chi connectivity index (χ4v) is 3.57. The van der Waals surface area contributed by atoms with Crippen LogP contribution in [0.2, 0.25) is 0 Å². The number of ether oxygens (including phenoxy) is 1. The molecule has 138 valence electrons. The number of aryl methyl sites for hydroxylation is 1. The Morgan fingerprint density at radius 3 is 2.81 bits per heavy atom. The Labute approximate surface area is 159 Å². The number of benzene rings is 2. The summed E-state index contributed by atoms with van der Waals surface area (Å²) in [6, 6.07) is 13.7. The molecule has 1 amide bonds. The molecule has 0 aliphatic carbocycles. The maximum atomic E-state index is 13.1. The van der Waals surface area contributed by atoms with Gasteiger partial charge < -0.3 is 9.64 Å². The Morgan fingerprint density at radius 2 is 1.96 bits per heavy atom. The van der Waals surface area contributed by atoms with Crippen LogP contribution in [0, 0.1) is 12.8 Å². The van der Waals surface area contributed by atoms with Crippen LogP contribution in [0.4, 0.5) is 0 Å². The minimum Gasteiger partial charge on any atom is -0.493 e. The van der Waals surface area contributed by atoms with Crippen molar-refractivity contribution in [2.45, 2.75) is 19.8 Å². The average molecular weight is 361 g/mol. The van der Waals surface area contributed by atoms with Gasteiger partial charge in [-0.1, -0.05) is 23.8 Å². The molecule has 1 aliphatic rings. The molecular weight excluding hydrogens is 338 g/mol. The Bertz CT molecular complexity index is 934. The lowest BCUT2D eigenvalue weighted by Gasteiger charge is -2.32. The second-order valence-electron chi connectivity index (χ2n) is 7.11. The number of hydrogen-bond acceptors (Lipinski definition) is 4. The quantitative estimate of drug-likeness (QED) is 0.708. The highest BCUT2D eigenvalue weighted by atomic mass is 16.5. The van der Waals surface area contributed by atoms with Crippen LogP contribution in [-0.2, 0) is 0 Å². The minimum absolute atomic E-state index is 0.0288. The average Bonchev–Trinajstić information content (AvgIpc) is 2.72. The van der Waals surface area contributed by atoms with Crippen molar-refractivity contribution in [1.29, 1.82) is 0 Å². The van der Waals surface area contributed by atoms with E-state index in [0.717, 1.165) is 30.7 Å². The summed E-state index contributed by atoms with van der Waals surface area (Å²) in [5.41, 5.74) is 3.26. The number of nitrogens with zero attached hydrogens (tertiary/aromatic N) is 3. The third-order valence-corrected chi connectivity index (χ3v) is 5.04. The van der Waals surface area contributed by atoms with E-state index in [1.807, 2.05) is 47.4 Å². The number of carbonyl (C=O) groups excluding carboxylic acids is 1. The lowest BCUT2D eigenvalue weighted by Crippen LogP contribution is -2.41. The first-order chi connectivity index (χ1) is 13.2. The molecule has 1 saturated heterocycles. The number of hydrogen-bond donors (Lipinski definition) is 0. The maximum absolute atomic E-state index is 13.1. The molecule has 1 aromatic heterocycles. The predicted octanol–water partition coefficient (Wildman–Crippen LogP) is 3.87. The third kappa shape index (κ3) is 3.92. The first kappa shape index (κ1) is 17.5. The molecule has 1 atom stereocenters. The zero-order valence-corrected chi connectivity index (χ0v) is 15.5. The molecule has 3 aromatic rings. The fraction of sp³-hybridized carbons (Fsp3) is 0.318. The number of amides is 1. The van der Waals surface area contributed by atoms with Crippen LogP contribution in [-0.4, -0.2) is 40.5 Å². The molecule has 0 saturated carbocycles. The highest BCUT2D eigenvalue weighted by Gasteiger charge is 2.26. The van der Waals surface area contributed by atoms with Crippen molar-refractivity contribution >= 4 is 16.9 Å². The molecule has 27 heavy (non-hydrogen) atoms. The molecule has 0 spiro atoms. The largest absolute Gasteiger partial charge is 0.493 e. The molecule has 4 rings (SSSR count). The van der Waals surface area contributed by atoms with Crippen molar-refractivity contribution in [2.24, 2.45) is 5.92 Å². The van der Waals surface area contributed by atoms with E-state index in [0.29, 0.717) is 30.1 Å². The van der Waals surface area contributed by atoms with E-state index in [-0.39, 0.29) is 5.91 Å². The van der Waals surface area contributed by atoms with Gasteiger partial charge in [0.15, 0.2) is 0 Å². The molecule has 2 heterocycles. The summed E-state index contributed by atoms with van der Waals surface area (Å²) in [7, 11) is 0. The summed E-state index contributed by atoms with van der Waals surface area (Å²) in [5, 5.41) is 0. The summed E-state index contributed by atoms with van der Waals surface area (Å²) < 4.78 is 5.94. The van der Waals surface area contributed by atoms with E-state index < -0.39 is 0 Å². The van der Waals surface area contributed by atoms with Crippen LogP contribution in [0.1, 0.15) is 28.8 Å². The molecule has 0 radical (unpaired) electrons. The molecule has 5 nitrogen and oxygen atoms in total. The monoisotopic (exact) mass is 361 g/mol. The van der Waals surface area contributed by atoms with Crippen LogP contribution in [0.25, 0.3) is 11.0 Å². The van der Waals surface area contributed by atoms with E-state index in [4.69, 9.17) is 4.74 Å². The summed E-state index contributed by atoms with van der Waals surface area (Å²) in [6.45, 7) is 4.17. The predicted molar refractivity (Wildman–Crippen MR) is 105 cm³/mol. The molecule has 1 fully saturated rings. The van der Waals surface area contributed by atoms with Gasteiger partial charge in [-0.3, -0.25) is 14.8 Å². The fourth-order valence-electron chi connectivity index (χ4n) is 3.57. The lowest BCUT2D eigenvalue weighted by molar-refractivity contribution is 0.0635. The lowest BCUT2D eigenvalue weighted by atomic mass is 9.98. The second kappa shape index (κ2) is 7.74. The standard InChI is InChI=1S/C22H23N3O2/c1-16-7-9-18(10-8-16)27-15-17-4-3-13-25(14-17)22(26)19-5-2-6-20-21(19)24-12-11-23-20/h2,5-12,17H,3-4,13-15H2,1H3. The van der Waals surface area contributed by atoms with Crippen LogP contribution in [0.3, 0.4) is 0 Å².